The topological polar surface area (TPSA) is 74.2 Å². The Morgan fingerprint density at radius 3 is 2.18 bits per heavy atom. The van der Waals surface area contributed by atoms with E-state index in [4.69, 9.17) is 5.11 Å². The Morgan fingerprint density at radius 2 is 1.56 bits per heavy atom. The van der Waals surface area contributed by atoms with Crippen molar-refractivity contribution in [3.05, 3.63) is 88.6 Å². The molecule has 0 atom stereocenters. The van der Waals surface area contributed by atoms with Crippen LogP contribution >= 0.6 is 0 Å². The Morgan fingerprint density at radius 1 is 0.882 bits per heavy atom. The molecule has 3 aromatic rings. The first-order valence-electron chi connectivity index (χ1n) is 11.8. The number of anilines is 2. The van der Waals surface area contributed by atoms with E-state index in [1.54, 1.807) is 12.1 Å². The van der Waals surface area contributed by atoms with Gasteiger partial charge >= 0.3 is 0 Å². The lowest BCUT2D eigenvalue weighted by Gasteiger charge is -2.26. The lowest BCUT2D eigenvalue weighted by atomic mass is 9.79. The van der Waals surface area contributed by atoms with E-state index in [0.29, 0.717) is 5.56 Å². The van der Waals surface area contributed by atoms with Crippen molar-refractivity contribution in [2.75, 3.05) is 18.5 Å². The fourth-order valence-electron chi connectivity index (χ4n) is 3.71. The highest BCUT2D eigenvalue weighted by Crippen LogP contribution is 2.31. The van der Waals surface area contributed by atoms with Crippen LogP contribution in [0.25, 0.3) is 0 Å². The van der Waals surface area contributed by atoms with Gasteiger partial charge in [-0.3, -0.25) is 4.79 Å². The normalized spacial score (nSPS) is 11.9. The number of amides is 1. The van der Waals surface area contributed by atoms with E-state index in [2.05, 4.69) is 81.4 Å². The van der Waals surface area contributed by atoms with Gasteiger partial charge in [-0.1, -0.05) is 65.8 Å². The van der Waals surface area contributed by atoms with Crippen molar-refractivity contribution in [2.45, 2.75) is 58.8 Å². The summed E-state index contributed by atoms with van der Waals surface area (Å²) < 4.78 is 0. The minimum atomic E-state index is -0.215. The van der Waals surface area contributed by atoms with Gasteiger partial charge in [0.1, 0.15) is 5.82 Å². The van der Waals surface area contributed by atoms with Crippen molar-refractivity contribution in [1.82, 2.24) is 10.3 Å². The van der Waals surface area contributed by atoms with Gasteiger partial charge in [0, 0.05) is 24.0 Å². The Bertz CT molecular complexity index is 1110. The molecule has 180 valence electrons. The third kappa shape index (κ3) is 6.91. The van der Waals surface area contributed by atoms with Crippen LogP contribution in [-0.4, -0.2) is 29.1 Å². The van der Waals surface area contributed by atoms with Crippen molar-refractivity contribution in [3.63, 3.8) is 0 Å². The zero-order valence-corrected chi connectivity index (χ0v) is 21.2. The second kappa shape index (κ2) is 10.4. The van der Waals surface area contributed by atoms with E-state index in [9.17, 15) is 4.79 Å². The average molecular weight is 460 g/mol. The smallest absolute Gasteiger partial charge is 0.251 e. The fraction of sp³-hybridized carbons (Fsp3) is 0.379. The number of nitrogens with one attached hydrogen (secondary N) is 2. The quantitative estimate of drug-likeness (QED) is 0.422. The molecule has 0 spiro atoms. The van der Waals surface area contributed by atoms with E-state index in [-0.39, 0.29) is 29.9 Å². The maximum atomic E-state index is 12.2. The fourth-order valence-corrected chi connectivity index (χ4v) is 3.71. The van der Waals surface area contributed by atoms with Crippen molar-refractivity contribution < 1.29 is 9.90 Å². The van der Waals surface area contributed by atoms with Crippen LogP contribution in [0.4, 0.5) is 11.5 Å². The standard InChI is InChI=1S/C29H37N3O2/c1-28(2,3)23-15-21(16-24(19-23)29(4,5)6)14-20-10-11-30-26(17-20)32-25-9-7-8-22(18-25)27(34)31-12-13-33/h7-11,15-19,33H,12-14H2,1-6H3,(H,30,32)(H,31,34). The molecule has 0 saturated carbocycles. The summed E-state index contributed by atoms with van der Waals surface area (Å²) in [6, 6.07) is 18.3. The maximum Gasteiger partial charge on any atom is 0.251 e. The van der Waals surface area contributed by atoms with Crippen LogP contribution in [0.5, 0.6) is 0 Å². The average Bonchev–Trinajstić information content (AvgIpc) is 2.76. The van der Waals surface area contributed by atoms with Crippen LogP contribution in [0.15, 0.2) is 60.8 Å². The first-order valence-corrected chi connectivity index (χ1v) is 11.8. The van der Waals surface area contributed by atoms with Crippen LogP contribution in [0, 0.1) is 0 Å². The highest BCUT2D eigenvalue weighted by atomic mass is 16.3. The molecule has 0 aliphatic rings. The number of hydrogen-bond donors (Lipinski definition) is 3. The third-order valence-corrected chi connectivity index (χ3v) is 5.75. The van der Waals surface area contributed by atoms with Crippen molar-refractivity contribution >= 4 is 17.4 Å². The number of pyridine rings is 1. The molecule has 0 unspecified atom stereocenters. The number of rotatable bonds is 7. The number of benzene rings is 2. The highest BCUT2D eigenvalue weighted by molar-refractivity contribution is 5.95. The summed E-state index contributed by atoms with van der Waals surface area (Å²) in [6.45, 7) is 13.7. The first-order chi connectivity index (χ1) is 16.0. The van der Waals surface area contributed by atoms with Gasteiger partial charge in [-0.25, -0.2) is 4.98 Å². The molecule has 0 radical (unpaired) electrons. The van der Waals surface area contributed by atoms with E-state index in [1.165, 1.54) is 22.3 Å². The molecule has 0 aliphatic heterocycles. The van der Waals surface area contributed by atoms with Gasteiger partial charge in [-0.2, -0.15) is 0 Å². The molecule has 1 aromatic heterocycles. The maximum absolute atomic E-state index is 12.2. The number of aliphatic hydroxyl groups is 1. The summed E-state index contributed by atoms with van der Waals surface area (Å²) in [4.78, 5) is 16.7. The van der Waals surface area contributed by atoms with E-state index < -0.39 is 0 Å². The van der Waals surface area contributed by atoms with Gasteiger partial charge in [-0.15, -0.1) is 0 Å². The van der Waals surface area contributed by atoms with Gasteiger partial charge in [0.15, 0.2) is 0 Å². The lowest BCUT2D eigenvalue weighted by Crippen LogP contribution is -2.26. The first kappa shape index (κ1) is 25.4. The van der Waals surface area contributed by atoms with Gasteiger partial charge < -0.3 is 15.7 Å². The molecule has 0 bridgehead atoms. The monoisotopic (exact) mass is 459 g/mol. The molecular weight excluding hydrogens is 422 g/mol. The van der Waals surface area contributed by atoms with Gasteiger partial charge in [0.05, 0.1) is 6.61 Å². The summed E-state index contributed by atoms with van der Waals surface area (Å²) in [5.41, 5.74) is 6.62. The molecule has 5 nitrogen and oxygen atoms in total. The highest BCUT2D eigenvalue weighted by Gasteiger charge is 2.20. The van der Waals surface area contributed by atoms with Crippen LogP contribution in [-0.2, 0) is 17.3 Å². The molecule has 1 heterocycles. The van der Waals surface area contributed by atoms with Gasteiger partial charge in [0.2, 0.25) is 0 Å². The molecular formula is C29H37N3O2. The number of aliphatic hydroxyl groups excluding tert-OH is 1. The number of carbonyl (C=O) groups is 1. The van der Waals surface area contributed by atoms with E-state index in [1.807, 2.05) is 24.4 Å². The predicted octanol–water partition coefficient (Wildman–Crippen LogP) is 5.73. The zero-order valence-electron chi connectivity index (χ0n) is 21.2. The molecule has 3 N–H and O–H groups in total. The summed E-state index contributed by atoms with van der Waals surface area (Å²) in [7, 11) is 0. The summed E-state index contributed by atoms with van der Waals surface area (Å²) in [6.07, 6.45) is 2.63. The van der Waals surface area contributed by atoms with Crippen molar-refractivity contribution in [1.29, 1.82) is 0 Å². The Kier molecular flexibility index (Phi) is 7.78. The van der Waals surface area contributed by atoms with Crippen LogP contribution in [0.3, 0.4) is 0 Å². The molecule has 1 amide bonds. The summed E-state index contributed by atoms with van der Waals surface area (Å²) >= 11 is 0. The Labute approximate surface area is 203 Å². The van der Waals surface area contributed by atoms with E-state index >= 15 is 0 Å². The Hall–Kier alpha value is -3.18. The van der Waals surface area contributed by atoms with Gasteiger partial charge in [-0.05, 0) is 69.8 Å². The molecule has 2 aromatic carbocycles. The summed E-state index contributed by atoms with van der Waals surface area (Å²) in [5.74, 6) is 0.515. The SMILES string of the molecule is CC(C)(C)c1cc(Cc2ccnc(Nc3cccc(C(=O)NCCO)c3)c2)cc(C(C)(C)C)c1. The number of carbonyl (C=O) groups excluding carboxylic acids is 1. The minimum Gasteiger partial charge on any atom is -0.395 e. The second-order valence-electron chi connectivity index (χ2n) is 10.8. The van der Waals surface area contributed by atoms with E-state index in [0.717, 1.165) is 17.9 Å². The van der Waals surface area contributed by atoms with Crippen molar-refractivity contribution in [3.8, 4) is 0 Å². The van der Waals surface area contributed by atoms with Crippen LogP contribution < -0.4 is 10.6 Å². The lowest BCUT2D eigenvalue weighted by molar-refractivity contribution is 0.0945. The van der Waals surface area contributed by atoms with Gasteiger partial charge in [0.25, 0.3) is 5.91 Å². The minimum absolute atomic E-state index is 0.0788. The summed E-state index contributed by atoms with van der Waals surface area (Å²) in [5, 5.41) is 14.9. The second-order valence-corrected chi connectivity index (χ2v) is 10.8. The molecule has 5 heteroatoms. The van der Waals surface area contributed by atoms with Crippen LogP contribution in [0.2, 0.25) is 0 Å². The number of aromatic nitrogens is 1. The molecule has 34 heavy (non-hydrogen) atoms. The Balaban J connectivity index is 1.83. The van der Waals surface area contributed by atoms with Crippen LogP contribution in [0.1, 0.15) is 74.2 Å². The molecule has 0 aliphatic carbocycles. The molecule has 0 saturated heterocycles. The zero-order chi connectivity index (χ0) is 24.9. The number of hydrogen-bond acceptors (Lipinski definition) is 4. The number of nitrogens with zero attached hydrogens (tertiary/aromatic N) is 1. The molecule has 3 rings (SSSR count). The molecule has 0 fully saturated rings. The largest absolute Gasteiger partial charge is 0.395 e. The third-order valence-electron chi connectivity index (χ3n) is 5.75. The van der Waals surface area contributed by atoms with Crippen molar-refractivity contribution in [2.24, 2.45) is 0 Å². The predicted molar refractivity (Wildman–Crippen MR) is 140 cm³/mol.